The van der Waals surface area contributed by atoms with Gasteiger partial charge in [-0.2, -0.15) is 0 Å². The molecule has 0 saturated heterocycles. The molecule has 3 nitrogen and oxygen atoms in total. The van der Waals surface area contributed by atoms with Crippen LogP contribution in [0.3, 0.4) is 0 Å². The van der Waals surface area contributed by atoms with E-state index in [2.05, 4.69) is 24.4 Å². The first kappa shape index (κ1) is 13.0. The molecule has 3 rings (SSSR count). The van der Waals surface area contributed by atoms with Gasteiger partial charge in [0.15, 0.2) is 0 Å². The summed E-state index contributed by atoms with van der Waals surface area (Å²) in [4.78, 5) is 9.50. The van der Waals surface area contributed by atoms with E-state index in [1.807, 2.05) is 30.3 Å². The molecule has 0 amide bonds. The van der Waals surface area contributed by atoms with Crippen molar-refractivity contribution in [1.29, 1.82) is 0 Å². The van der Waals surface area contributed by atoms with Crippen molar-refractivity contribution in [3.05, 3.63) is 48.0 Å². The number of hydrogen-bond donors (Lipinski definition) is 1. The van der Waals surface area contributed by atoms with Crippen LogP contribution in [0.25, 0.3) is 22.1 Å². The van der Waals surface area contributed by atoms with Crippen molar-refractivity contribution < 1.29 is 0 Å². The number of para-hydroxylation sites is 3. The summed E-state index contributed by atoms with van der Waals surface area (Å²) < 4.78 is 0. The van der Waals surface area contributed by atoms with E-state index in [0.29, 0.717) is 0 Å². The molecule has 2 aromatic carbocycles. The molecule has 0 aliphatic carbocycles. The zero-order valence-electron chi connectivity index (χ0n) is 11.8. The highest BCUT2D eigenvalue weighted by molar-refractivity contribution is 5.87. The van der Waals surface area contributed by atoms with E-state index in [4.69, 9.17) is 9.97 Å². The maximum atomic E-state index is 4.79. The van der Waals surface area contributed by atoms with Crippen LogP contribution in [-0.4, -0.2) is 23.1 Å². The van der Waals surface area contributed by atoms with Crippen LogP contribution in [0.4, 0.5) is 0 Å². The Morgan fingerprint density at radius 1 is 0.900 bits per heavy atom. The van der Waals surface area contributed by atoms with E-state index >= 15 is 0 Å². The number of benzene rings is 2. The molecule has 0 unspecified atom stereocenters. The second-order valence-corrected chi connectivity index (χ2v) is 4.95. The van der Waals surface area contributed by atoms with E-state index < -0.39 is 0 Å². The Morgan fingerprint density at radius 3 is 2.45 bits per heavy atom. The monoisotopic (exact) mass is 265 g/mol. The largest absolute Gasteiger partial charge is 0.317 e. The standard InChI is InChI=1S/C17H19N3/c1-2-18-12-6-8-13-7-5-11-16-17(13)20-15-10-4-3-9-14(15)19-16/h3-5,7,9-11,18H,2,6,8,12H2,1H3. The Morgan fingerprint density at radius 2 is 1.65 bits per heavy atom. The topological polar surface area (TPSA) is 37.8 Å². The van der Waals surface area contributed by atoms with Crippen LogP contribution >= 0.6 is 0 Å². The van der Waals surface area contributed by atoms with Gasteiger partial charge in [-0.3, -0.25) is 0 Å². The summed E-state index contributed by atoms with van der Waals surface area (Å²) >= 11 is 0. The van der Waals surface area contributed by atoms with Crippen LogP contribution < -0.4 is 5.32 Å². The van der Waals surface area contributed by atoms with E-state index in [1.54, 1.807) is 0 Å². The normalized spacial score (nSPS) is 11.2. The third kappa shape index (κ3) is 2.63. The molecule has 0 fully saturated rings. The van der Waals surface area contributed by atoms with Crippen molar-refractivity contribution in [2.75, 3.05) is 13.1 Å². The minimum atomic E-state index is 0.963. The molecule has 0 aliphatic heterocycles. The molecule has 0 saturated carbocycles. The quantitative estimate of drug-likeness (QED) is 0.568. The number of nitrogens with zero attached hydrogens (tertiary/aromatic N) is 2. The second kappa shape index (κ2) is 5.97. The van der Waals surface area contributed by atoms with E-state index in [0.717, 1.165) is 48.0 Å². The Labute approximate surface area is 119 Å². The average molecular weight is 265 g/mol. The highest BCUT2D eigenvalue weighted by Crippen LogP contribution is 2.20. The molecule has 3 aromatic rings. The molecule has 1 N–H and O–H groups in total. The summed E-state index contributed by atoms with van der Waals surface area (Å²) in [6.07, 6.45) is 2.17. The molecule has 0 radical (unpaired) electrons. The van der Waals surface area contributed by atoms with E-state index in [1.165, 1.54) is 5.56 Å². The first-order valence-electron chi connectivity index (χ1n) is 7.23. The zero-order valence-corrected chi connectivity index (χ0v) is 11.8. The van der Waals surface area contributed by atoms with Gasteiger partial charge >= 0.3 is 0 Å². The van der Waals surface area contributed by atoms with Crippen molar-refractivity contribution in [2.24, 2.45) is 0 Å². The van der Waals surface area contributed by atoms with Crippen molar-refractivity contribution >= 4 is 22.1 Å². The molecular formula is C17H19N3. The van der Waals surface area contributed by atoms with Crippen LogP contribution in [0, 0.1) is 0 Å². The maximum absolute atomic E-state index is 4.79. The fourth-order valence-electron chi connectivity index (χ4n) is 2.48. The van der Waals surface area contributed by atoms with Gasteiger partial charge in [-0.05, 0) is 49.7 Å². The SMILES string of the molecule is CCNCCCc1cccc2nc3ccccc3nc12. The number of aromatic nitrogens is 2. The number of rotatable bonds is 5. The third-order valence-electron chi connectivity index (χ3n) is 3.50. The van der Waals surface area contributed by atoms with Crippen LogP contribution in [0.1, 0.15) is 18.9 Å². The van der Waals surface area contributed by atoms with Crippen molar-refractivity contribution in [3.8, 4) is 0 Å². The fourth-order valence-corrected chi connectivity index (χ4v) is 2.48. The van der Waals surface area contributed by atoms with E-state index in [-0.39, 0.29) is 0 Å². The van der Waals surface area contributed by atoms with Gasteiger partial charge in [-0.15, -0.1) is 0 Å². The number of hydrogen-bond acceptors (Lipinski definition) is 3. The summed E-state index contributed by atoms with van der Waals surface area (Å²) in [7, 11) is 0. The number of aryl methyl sites for hydroxylation is 1. The first-order valence-corrected chi connectivity index (χ1v) is 7.23. The molecule has 0 aliphatic rings. The minimum absolute atomic E-state index is 0.963. The van der Waals surface area contributed by atoms with Crippen molar-refractivity contribution in [1.82, 2.24) is 15.3 Å². The Hall–Kier alpha value is -2.00. The predicted octanol–water partition coefficient (Wildman–Crippen LogP) is 3.33. The Kier molecular flexibility index (Phi) is 3.88. The summed E-state index contributed by atoms with van der Waals surface area (Å²) in [5.41, 5.74) is 5.26. The lowest BCUT2D eigenvalue weighted by atomic mass is 10.1. The predicted molar refractivity (Wildman–Crippen MR) is 83.9 cm³/mol. The smallest absolute Gasteiger partial charge is 0.0926 e. The van der Waals surface area contributed by atoms with Gasteiger partial charge in [0.05, 0.1) is 22.1 Å². The van der Waals surface area contributed by atoms with Crippen LogP contribution in [0.2, 0.25) is 0 Å². The zero-order chi connectivity index (χ0) is 13.8. The van der Waals surface area contributed by atoms with Gasteiger partial charge in [0.2, 0.25) is 0 Å². The second-order valence-electron chi connectivity index (χ2n) is 4.95. The molecule has 102 valence electrons. The summed E-state index contributed by atoms with van der Waals surface area (Å²) in [6.45, 7) is 4.21. The van der Waals surface area contributed by atoms with Gasteiger partial charge < -0.3 is 5.32 Å². The molecule has 1 aromatic heterocycles. The molecule has 1 heterocycles. The van der Waals surface area contributed by atoms with Gasteiger partial charge in [0.1, 0.15) is 0 Å². The molecule has 0 bridgehead atoms. The minimum Gasteiger partial charge on any atom is -0.317 e. The third-order valence-corrected chi connectivity index (χ3v) is 3.50. The lowest BCUT2D eigenvalue weighted by Gasteiger charge is -2.07. The first-order chi connectivity index (χ1) is 9.88. The molecular weight excluding hydrogens is 246 g/mol. The Bertz CT molecular complexity index is 722. The lowest BCUT2D eigenvalue weighted by Crippen LogP contribution is -2.14. The highest BCUT2D eigenvalue weighted by atomic mass is 14.8. The molecule has 20 heavy (non-hydrogen) atoms. The fraction of sp³-hybridized carbons (Fsp3) is 0.294. The summed E-state index contributed by atoms with van der Waals surface area (Å²) in [5.74, 6) is 0. The van der Waals surface area contributed by atoms with Gasteiger partial charge in [0, 0.05) is 0 Å². The lowest BCUT2D eigenvalue weighted by molar-refractivity contribution is 0.673. The van der Waals surface area contributed by atoms with Crippen molar-refractivity contribution in [2.45, 2.75) is 19.8 Å². The van der Waals surface area contributed by atoms with Gasteiger partial charge in [-0.25, -0.2) is 9.97 Å². The maximum Gasteiger partial charge on any atom is 0.0926 e. The van der Waals surface area contributed by atoms with Crippen LogP contribution in [0.15, 0.2) is 42.5 Å². The summed E-state index contributed by atoms with van der Waals surface area (Å²) in [6, 6.07) is 14.3. The molecule has 3 heteroatoms. The average Bonchev–Trinajstić information content (AvgIpc) is 2.50. The van der Waals surface area contributed by atoms with Crippen LogP contribution in [0.5, 0.6) is 0 Å². The Balaban J connectivity index is 1.97. The van der Waals surface area contributed by atoms with E-state index in [9.17, 15) is 0 Å². The molecule has 0 spiro atoms. The highest BCUT2D eigenvalue weighted by Gasteiger charge is 2.05. The number of nitrogens with one attached hydrogen (secondary N) is 1. The van der Waals surface area contributed by atoms with Crippen LogP contribution in [-0.2, 0) is 6.42 Å². The van der Waals surface area contributed by atoms with Gasteiger partial charge in [-0.1, -0.05) is 31.2 Å². The van der Waals surface area contributed by atoms with Crippen molar-refractivity contribution in [3.63, 3.8) is 0 Å². The van der Waals surface area contributed by atoms with Gasteiger partial charge in [0.25, 0.3) is 0 Å². The summed E-state index contributed by atoms with van der Waals surface area (Å²) in [5, 5.41) is 3.36. The number of fused-ring (bicyclic) bond motifs is 2. The molecule has 0 atom stereocenters.